The molecule has 0 fully saturated rings. The number of rotatable bonds is 4. The Kier molecular flexibility index (Phi) is 3.58. The Labute approximate surface area is 82.9 Å². The topological polar surface area (TPSA) is 26.0 Å². The van der Waals surface area contributed by atoms with Crippen LogP contribution in [0, 0.1) is 0 Å². The number of alkyl halides is 2. The Morgan fingerprint density at radius 1 is 1.36 bits per heavy atom. The van der Waals surface area contributed by atoms with Gasteiger partial charge in [-0.2, -0.15) is 0 Å². The first-order chi connectivity index (χ1) is 6.60. The number of halogens is 2. The summed E-state index contributed by atoms with van der Waals surface area (Å²) in [6.45, 7) is 1.95. The average molecular weight is 199 g/mol. The lowest BCUT2D eigenvalue weighted by Gasteiger charge is -2.16. The van der Waals surface area contributed by atoms with Crippen LogP contribution >= 0.6 is 0 Å². The van der Waals surface area contributed by atoms with Gasteiger partial charge in [-0.3, -0.25) is 0 Å². The summed E-state index contributed by atoms with van der Waals surface area (Å²) in [7, 11) is 0. The van der Waals surface area contributed by atoms with Crippen molar-refractivity contribution < 1.29 is 8.78 Å². The quantitative estimate of drug-likeness (QED) is 0.792. The second-order valence-corrected chi connectivity index (χ2v) is 3.30. The molecular formula is C11H15F2N. The zero-order valence-electron chi connectivity index (χ0n) is 8.26. The number of nitrogens with two attached hydrogens (primary N) is 1. The smallest absolute Gasteiger partial charge is 0.274 e. The summed E-state index contributed by atoms with van der Waals surface area (Å²) in [5, 5.41) is 0. The van der Waals surface area contributed by atoms with E-state index in [1.54, 1.807) is 12.1 Å². The Balaban J connectivity index is 2.93. The molecule has 78 valence electrons. The van der Waals surface area contributed by atoms with E-state index in [-0.39, 0.29) is 18.5 Å². The van der Waals surface area contributed by atoms with Crippen molar-refractivity contribution in [3.05, 3.63) is 35.4 Å². The third kappa shape index (κ3) is 2.51. The number of benzene rings is 1. The molecule has 0 aromatic heterocycles. The zero-order chi connectivity index (χ0) is 10.6. The second kappa shape index (κ2) is 4.51. The van der Waals surface area contributed by atoms with Crippen LogP contribution in [0.1, 0.15) is 24.5 Å². The highest BCUT2D eigenvalue weighted by atomic mass is 19.3. The summed E-state index contributed by atoms with van der Waals surface area (Å²) in [5.41, 5.74) is 6.14. The summed E-state index contributed by atoms with van der Waals surface area (Å²) in [6, 6.07) is 6.52. The molecule has 2 N–H and O–H groups in total. The van der Waals surface area contributed by atoms with Crippen molar-refractivity contribution in [2.24, 2.45) is 5.73 Å². The van der Waals surface area contributed by atoms with Crippen molar-refractivity contribution in [2.45, 2.75) is 25.7 Å². The first kappa shape index (κ1) is 11.1. The van der Waals surface area contributed by atoms with Gasteiger partial charge < -0.3 is 5.73 Å². The molecule has 0 atom stereocenters. The van der Waals surface area contributed by atoms with E-state index in [0.29, 0.717) is 0 Å². The van der Waals surface area contributed by atoms with Gasteiger partial charge in [-0.15, -0.1) is 0 Å². The number of hydrogen-bond donors (Lipinski definition) is 1. The van der Waals surface area contributed by atoms with E-state index in [0.717, 1.165) is 12.0 Å². The van der Waals surface area contributed by atoms with Gasteiger partial charge >= 0.3 is 0 Å². The van der Waals surface area contributed by atoms with Crippen LogP contribution in [0.3, 0.4) is 0 Å². The highest BCUT2D eigenvalue weighted by molar-refractivity contribution is 5.26. The Bertz CT molecular complexity index is 297. The van der Waals surface area contributed by atoms with Crippen molar-refractivity contribution in [3.8, 4) is 0 Å². The van der Waals surface area contributed by atoms with E-state index in [1.807, 2.05) is 13.0 Å². The van der Waals surface area contributed by atoms with Gasteiger partial charge in [0, 0.05) is 12.0 Å². The summed E-state index contributed by atoms with van der Waals surface area (Å²) >= 11 is 0. The fourth-order valence-corrected chi connectivity index (χ4v) is 1.34. The molecule has 14 heavy (non-hydrogen) atoms. The fraction of sp³-hybridized carbons (Fsp3) is 0.455. The summed E-state index contributed by atoms with van der Waals surface area (Å²) in [5.74, 6) is -2.79. The van der Waals surface area contributed by atoms with Crippen LogP contribution in [-0.4, -0.2) is 6.54 Å². The SMILES string of the molecule is CCc1cccc(C(F)(F)CCN)c1. The maximum atomic E-state index is 13.4. The molecule has 0 saturated heterocycles. The Hall–Kier alpha value is -0.960. The van der Waals surface area contributed by atoms with Gasteiger partial charge in [0.1, 0.15) is 0 Å². The minimum Gasteiger partial charge on any atom is -0.330 e. The summed E-state index contributed by atoms with van der Waals surface area (Å²) < 4.78 is 26.8. The second-order valence-electron chi connectivity index (χ2n) is 3.30. The average Bonchev–Trinajstić information content (AvgIpc) is 2.18. The maximum absolute atomic E-state index is 13.4. The molecule has 1 aromatic carbocycles. The Morgan fingerprint density at radius 3 is 2.64 bits per heavy atom. The molecule has 0 aliphatic heterocycles. The molecule has 0 radical (unpaired) electrons. The van der Waals surface area contributed by atoms with Crippen molar-refractivity contribution >= 4 is 0 Å². The van der Waals surface area contributed by atoms with Gasteiger partial charge in [-0.05, 0) is 24.6 Å². The first-order valence-corrected chi connectivity index (χ1v) is 4.77. The normalized spacial score (nSPS) is 11.7. The molecular weight excluding hydrogens is 184 g/mol. The van der Waals surface area contributed by atoms with Crippen LogP contribution in [0.15, 0.2) is 24.3 Å². The fourth-order valence-electron chi connectivity index (χ4n) is 1.34. The van der Waals surface area contributed by atoms with Crippen LogP contribution in [-0.2, 0) is 12.3 Å². The minimum absolute atomic E-state index is 0.00333. The van der Waals surface area contributed by atoms with Crippen LogP contribution in [0.2, 0.25) is 0 Å². The van der Waals surface area contributed by atoms with Crippen LogP contribution in [0.4, 0.5) is 8.78 Å². The maximum Gasteiger partial charge on any atom is 0.274 e. The predicted molar refractivity (Wildman–Crippen MR) is 53.4 cm³/mol. The predicted octanol–water partition coefficient (Wildman–Crippen LogP) is 2.69. The number of hydrogen-bond acceptors (Lipinski definition) is 1. The van der Waals surface area contributed by atoms with E-state index in [1.165, 1.54) is 6.07 Å². The third-order valence-electron chi connectivity index (χ3n) is 2.22. The molecule has 0 aliphatic rings. The molecule has 0 unspecified atom stereocenters. The van der Waals surface area contributed by atoms with Crippen molar-refractivity contribution in [1.82, 2.24) is 0 Å². The molecule has 1 rings (SSSR count). The molecule has 3 heteroatoms. The van der Waals surface area contributed by atoms with E-state index < -0.39 is 5.92 Å². The molecule has 0 bridgehead atoms. The van der Waals surface area contributed by atoms with Crippen LogP contribution in [0.5, 0.6) is 0 Å². The minimum atomic E-state index is -2.79. The highest BCUT2D eigenvalue weighted by Crippen LogP contribution is 2.31. The van der Waals surface area contributed by atoms with Crippen LogP contribution in [0.25, 0.3) is 0 Å². The summed E-state index contributed by atoms with van der Waals surface area (Å²) in [6.07, 6.45) is 0.479. The van der Waals surface area contributed by atoms with Gasteiger partial charge in [0.15, 0.2) is 0 Å². The van der Waals surface area contributed by atoms with E-state index >= 15 is 0 Å². The van der Waals surface area contributed by atoms with E-state index in [4.69, 9.17) is 5.73 Å². The molecule has 0 heterocycles. The van der Waals surface area contributed by atoms with Crippen molar-refractivity contribution in [2.75, 3.05) is 6.54 Å². The van der Waals surface area contributed by atoms with Gasteiger partial charge in [0.05, 0.1) is 0 Å². The number of aryl methyl sites for hydroxylation is 1. The largest absolute Gasteiger partial charge is 0.330 e. The molecule has 0 saturated carbocycles. The molecule has 0 amide bonds. The van der Waals surface area contributed by atoms with E-state index in [2.05, 4.69) is 0 Å². The highest BCUT2D eigenvalue weighted by Gasteiger charge is 2.30. The van der Waals surface area contributed by atoms with Crippen molar-refractivity contribution in [3.63, 3.8) is 0 Å². The van der Waals surface area contributed by atoms with Gasteiger partial charge in [-0.25, -0.2) is 8.78 Å². The van der Waals surface area contributed by atoms with Gasteiger partial charge in [0.25, 0.3) is 5.92 Å². The lowest BCUT2D eigenvalue weighted by Crippen LogP contribution is -2.18. The Morgan fingerprint density at radius 2 is 2.07 bits per heavy atom. The summed E-state index contributed by atoms with van der Waals surface area (Å²) in [4.78, 5) is 0. The van der Waals surface area contributed by atoms with Gasteiger partial charge in [-0.1, -0.05) is 25.1 Å². The molecule has 0 spiro atoms. The molecule has 1 nitrogen and oxygen atoms in total. The zero-order valence-corrected chi connectivity index (χ0v) is 8.26. The monoisotopic (exact) mass is 199 g/mol. The molecule has 1 aromatic rings. The first-order valence-electron chi connectivity index (χ1n) is 4.77. The third-order valence-corrected chi connectivity index (χ3v) is 2.22. The van der Waals surface area contributed by atoms with Crippen LogP contribution < -0.4 is 5.73 Å². The standard InChI is InChI=1S/C11H15F2N/c1-2-9-4-3-5-10(8-9)11(12,13)6-7-14/h3-5,8H,2,6-7,14H2,1H3. The lowest BCUT2D eigenvalue weighted by atomic mass is 10.0. The lowest BCUT2D eigenvalue weighted by molar-refractivity contribution is -0.0107. The van der Waals surface area contributed by atoms with E-state index in [9.17, 15) is 8.78 Å². The van der Waals surface area contributed by atoms with Gasteiger partial charge in [0.2, 0.25) is 0 Å². The van der Waals surface area contributed by atoms with Crippen molar-refractivity contribution in [1.29, 1.82) is 0 Å². The molecule has 0 aliphatic carbocycles.